The molecule has 2 amide bonds. The molecule has 7 nitrogen and oxygen atoms in total. The first-order chi connectivity index (χ1) is 21.6. The fourth-order valence-corrected chi connectivity index (χ4v) is 5.45. The van der Waals surface area contributed by atoms with Crippen molar-refractivity contribution in [3.05, 3.63) is 71.8 Å². The number of likely N-dealkylation sites (N-methyl/N-ethyl adjacent to an activating group) is 2. The third-order valence-corrected chi connectivity index (χ3v) is 8.43. The van der Waals surface area contributed by atoms with E-state index in [4.69, 9.17) is 0 Å². The summed E-state index contributed by atoms with van der Waals surface area (Å²) < 4.78 is 0. The zero-order valence-electron chi connectivity index (χ0n) is 28.2. The van der Waals surface area contributed by atoms with E-state index in [2.05, 4.69) is 99.7 Å². The molecule has 2 aromatic carbocycles. The number of amides is 2. The van der Waals surface area contributed by atoms with E-state index in [1.54, 1.807) is 14.0 Å². The molecule has 1 saturated heterocycles. The molecule has 3 atom stereocenters. The average molecular weight is 612 g/mol. The van der Waals surface area contributed by atoms with Gasteiger partial charge < -0.3 is 15.5 Å². The molecule has 0 radical (unpaired) electrons. The Morgan fingerprint density at radius 3 is 2.09 bits per heavy atom. The molecule has 1 fully saturated rings. The highest BCUT2D eigenvalue weighted by Crippen LogP contribution is 2.26. The molecule has 242 valence electrons. The van der Waals surface area contributed by atoms with Crippen LogP contribution in [0.2, 0.25) is 0 Å². The van der Waals surface area contributed by atoms with Gasteiger partial charge in [0.05, 0.1) is 19.1 Å². The molecule has 1 aliphatic rings. The molecule has 1 aliphatic heterocycles. The van der Waals surface area contributed by atoms with Gasteiger partial charge in [-0.25, -0.2) is 0 Å². The number of nitrogens with zero attached hydrogens (tertiary/aromatic N) is 3. The smallest absolute Gasteiger partial charge is 0.245 e. The normalized spacial score (nSPS) is 16.0. The highest BCUT2D eigenvalue weighted by Gasteiger charge is 2.40. The van der Waals surface area contributed by atoms with Gasteiger partial charge in [0, 0.05) is 32.2 Å². The molecule has 0 spiro atoms. The van der Waals surface area contributed by atoms with Crippen molar-refractivity contribution in [2.24, 2.45) is 5.41 Å². The molecule has 0 aliphatic carbocycles. The summed E-state index contributed by atoms with van der Waals surface area (Å²) in [5.74, 6) is 12.4. The highest BCUT2D eigenvalue weighted by molar-refractivity contribution is 5.90. The SMILES string of the molecule is CN[C@@H](C)C(=O)N[C@H](C(=O)N1CCC[C@H]1CN(CC#CC#CCN(C)CCc1ccccc1)CCc1ccccc1)C(C)(C)C. The van der Waals surface area contributed by atoms with Crippen molar-refractivity contribution >= 4 is 11.8 Å². The predicted molar refractivity (Wildman–Crippen MR) is 184 cm³/mol. The summed E-state index contributed by atoms with van der Waals surface area (Å²) in [4.78, 5) is 33.3. The molecular formula is C38H53N5O2. The lowest BCUT2D eigenvalue weighted by Gasteiger charge is -2.37. The van der Waals surface area contributed by atoms with E-state index in [1.807, 2.05) is 37.8 Å². The fourth-order valence-electron chi connectivity index (χ4n) is 5.45. The van der Waals surface area contributed by atoms with Crippen LogP contribution < -0.4 is 10.6 Å². The Labute approximate surface area is 272 Å². The van der Waals surface area contributed by atoms with Crippen molar-refractivity contribution < 1.29 is 9.59 Å². The summed E-state index contributed by atoms with van der Waals surface area (Å²) in [5.41, 5.74) is 2.19. The zero-order valence-corrected chi connectivity index (χ0v) is 28.2. The fraction of sp³-hybridized carbons (Fsp3) is 0.526. The molecule has 0 unspecified atom stereocenters. The van der Waals surface area contributed by atoms with Crippen LogP contribution in [0.5, 0.6) is 0 Å². The third-order valence-electron chi connectivity index (χ3n) is 8.43. The number of hydrogen-bond donors (Lipinski definition) is 2. The van der Waals surface area contributed by atoms with E-state index >= 15 is 0 Å². The third kappa shape index (κ3) is 12.4. The minimum absolute atomic E-state index is 0.00185. The Kier molecular flexibility index (Phi) is 14.6. The van der Waals surface area contributed by atoms with Crippen LogP contribution in [0.1, 0.15) is 51.7 Å². The molecule has 2 aromatic rings. The summed E-state index contributed by atoms with van der Waals surface area (Å²) in [6.07, 6.45) is 3.80. The van der Waals surface area contributed by atoms with E-state index in [0.717, 1.165) is 45.3 Å². The Hall–Kier alpha value is -3.62. The van der Waals surface area contributed by atoms with Crippen LogP contribution in [0.4, 0.5) is 0 Å². The number of rotatable bonds is 14. The lowest BCUT2D eigenvalue weighted by molar-refractivity contribution is -0.140. The molecular weight excluding hydrogens is 558 g/mol. The van der Waals surface area contributed by atoms with Gasteiger partial charge in [-0.05, 0) is 75.1 Å². The van der Waals surface area contributed by atoms with Crippen molar-refractivity contribution in [2.75, 3.05) is 53.4 Å². The monoisotopic (exact) mass is 611 g/mol. The quantitative estimate of drug-likeness (QED) is 0.318. The molecule has 3 rings (SSSR count). The van der Waals surface area contributed by atoms with Gasteiger partial charge in [-0.1, -0.05) is 93.3 Å². The van der Waals surface area contributed by atoms with Crippen molar-refractivity contribution in [3.8, 4) is 23.7 Å². The van der Waals surface area contributed by atoms with Gasteiger partial charge in [0.2, 0.25) is 11.8 Å². The van der Waals surface area contributed by atoms with Crippen molar-refractivity contribution in [1.82, 2.24) is 25.3 Å². The Balaban J connectivity index is 1.64. The molecule has 2 N–H and O–H groups in total. The predicted octanol–water partition coefficient (Wildman–Crippen LogP) is 3.84. The van der Waals surface area contributed by atoms with Gasteiger partial charge in [-0.15, -0.1) is 0 Å². The number of carbonyl (C=O) groups excluding carboxylic acids is 2. The van der Waals surface area contributed by atoms with Gasteiger partial charge in [0.15, 0.2) is 0 Å². The van der Waals surface area contributed by atoms with Gasteiger partial charge in [0.1, 0.15) is 6.04 Å². The van der Waals surface area contributed by atoms with Crippen LogP contribution in [0.15, 0.2) is 60.7 Å². The summed E-state index contributed by atoms with van der Waals surface area (Å²) >= 11 is 0. The second-order valence-corrected chi connectivity index (χ2v) is 13.2. The van der Waals surface area contributed by atoms with Crippen LogP contribution in [0.3, 0.4) is 0 Å². The van der Waals surface area contributed by atoms with Gasteiger partial charge in [-0.3, -0.25) is 19.4 Å². The number of benzene rings is 2. The first-order valence-electron chi connectivity index (χ1n) is 16.3. The maximum absolute atomic E-state index is 13.9. The summed E-state index contributed by atoms with van der Waals surface area (Å²) in [6.45, 7) is 12.3. The molecule has 0 saturated carbocycles. The molecule has 0 aromatic heterocycles. The van der Waals surface area contributed by atoms with Crippen LogP contribution in [-0.4, -0.2) is 98.0 Å². The standard InChI is InChI=1S/C38H53N5O2/c1-31(39-5)36(44)40-35(38(2,3)4)37(45)43-27-17-22-34(43)30-42(29-24-33-20-13-10-14-21-33)26-16-8-7-15-25-41(6)28-23-32-18-11-9-12-19-32/h9-14,18-21,31,34-35,39H,17,22-30H2,1-6H3,(H,40,44)/t31-,34-,35+/m0/s1. The van der Waals surface area contributed by atoms with Crippen LogP contribution in [0.25, 0.3) is 0 Å². The van der Waals surface area contributed by atoms with Crippen molar-refractivity contribution in [1.29, 1.82) is 0 Å². The van der Waals surface area contributed by atoms with Crippen LogP contribution in [-0.2, 0) is 22.4 Å². The maximum atomic E-state index is 13.9. The van der Waals surface area contributed by atoms with Gasteiger partial charge in [0.25, 0.3) is 0 Å². The number of carbonyl (C=O) groups is 2. The summed E-state index contributed by atoms with van der Waals surface area (Å²) in [6, 6.07) is 20.1. The largest absolute Gasteiger partial charge is 0.342 e. The number of nitrogens with one attached hydrogen (secondary N) is 2. The topological polar surface area (TPSA) is 67.9 Å². The second kappa shape index (κ2) is 18.4. The highest BCUT2D eigenvalue weighted by atomic mass is 16.2. The van der Waals surface area contributed by atoms with E-state index in [9.17, 15) is 9.59 Å². The van der Waals surface area contributed by atoms with E-state index < -0.39 is 11.5 Å². The van der Waals surface area contributed by atoms with Crippen molar-refractivity contribution in [3.63, 3.8) is 0 Å². The minimum Gasteiger partial charge on any atom is -0.342 e. The molecule has 7 heteroatoms. The first kappa shape index (κ1) is 35.9. The van der Waals surface area contributed by atoms with E-state index in [0.29, 0.717) is 19.6 Å². The molecule has 1 heterocycles. The Morgan fingerprint density at radius 2 is 1.51 bits per heavy atom. The Morgan fingerprint density at radius 1 is 0.933 bits per heavy atom. The molecule has 45 heavy (non-hydrogen) atoms. The van der Waals surface area contributed by atoms with Crippen LogP contribution in [0, 0.1) is 29.1 Å². The van der Waals surface area contributed by atoms with E-state index in [1.165, 1.54) is 11.1 Å². The van der Waals surface area contributed by atoms with Gasteiger partial charge in [-0.2, -0.15) is 0 Å². The second-order valence-electron chi connectivity index (χ2n) is 13.2. The molecule has 0 bridgehead atoms. The maximum Gasteiger partial charge on any atom is 0.245 e. The number of hydrogen-bond acceptors (Lipinski definition) is 5. The zero-order chi connectivity index (χ0) is 32.7. The number of likely N-dealkylation sites (tertiary alicyclic amines) is 1. The summed E-state index contributed by atoms with van der Waals surface area (Å²) in [5, 5.41) is 6.01. The van der Waals surface area contributed by atoms with Crippen molar-refractivity contribution in [2.45, 2.75) is 71.5 Å². The Bertz CT molecular complexity index is 1320. The average Bonchev–Trinajstić information content (AvgIpc) is 3.50. The van der Waals surface area contributed by atoms with Crippen LogP contribution >= 0.6 is 0 Å². The van der Waals surface area contributed by atoms with E-state index in [-0.39, 0.29) is 23.9 Å². The lowest BCUT2D eigenvalue weighted by atomic mass is 9.85. The van der Waals surface area contributed by atoms with Gasteiger partial charge >= 0.3 is 0 Å². The first-order valence-corrected chi connectivity index (χ1v) is 16.3. The minimum atomic E-state index is -0.597. The lowest BCUT2D eigenvalue weighted by Crippen LogP contribution is -2.59. The summed E-state index contributed by atoms with van der Waals surface area (Å²) in [7, 11) is 3.83.